The predicted molar refractivity (Wildman–Crippen MR) is 61.4 cm³/mol. The van der Waals surface area contributed by atoms with Crippen LogP contribution >= 0.6 is 11.6 Å². The smallest absolute Gasteiger partial charge is 0.371 e. The Bertz CT molecular complexity index is 225. The summed E-state index contributed by atoms with van der Waals surface area (Å²) in [6, 6.07) is 0.264. The molecule has 0 heterocycles. The van der Waals surface area contributed by atoms with Crippen molar-refractivity contribution in [2.24, 2.45) is 0 Å². The molecule has 0 bridgehead atoms. The molecule has 0 aliphatic heterocycles. The molecule has 1 aliphatic carbocycles. The Balaban J connectivity index is 2.17. The van der Waals surface area contributed by atoms with Crippen LogP contribution in [0.3, 0.4) is 0 Å². The number of likely N-dealkylation sites (N-methyl/N-ethyl adjacent to an activating group) is 1. The molecule has 2 nitrogen and oxygen atoms in total. The van der Waals surface area contributed by atoms with Gasteiger partial charge in [0.1, 0.15) is 6.61 Å². The maximum absolute atomic E-state index is 11.8. The Hall–Kier alpha value is -0.0000000000000000555. The highest BCUT2D eigenvalue weighted by Crippen LogP contribution is 2.26. The Morgan fingerprint density at radius 1 is 1.29 bits per heavy atom. The van der Waals surface area contributed by atoms with Gasteiger partial charge in [-0.1, -0.05) is 12.8 Å². The van der Waals surface area contributed by atoms with Crippen LogP contribution in [0, 0.1) is 0 Å². The third-order valence-corrected chi connectivity index (χ3v) is 3.58. The van der Waals surface area contributed by atoms with Crippen LogP contribution < -0.4 is 0 Å². The molecule has 102 valence electrons. The van der Waals surface area contributed by atoms with Gasteiger partial charge < -0.3 is 4.74 Å². The molecule has 6 heteroatoms. The van der Waals surface area contributed by atoms with E-state index in [1.165, 1.54) is 0 Å². The fourth-order valence-electron chi connectivity index (χ4n) is 2.12. The maximum Gasteiger partial charge on any atom is 0.411 e. The van der Waals surface area contributed by atoms with Gasteiger partial charge in [0.2, 0.25) is 0 Å². The van der Waals surface area contributed by atoms with Crippen LogP contribution in [0.25, 0.3) is 0 Å². The minimum absolute atomic E-state index is 0.0934. The molecule has 0 radical (unpaired) electrons. The van der Waals surface area contributed by atoms with E-state index in [0.29, 0.717) is 6.54 Å². The van der Waals surface area contributed by atoms with Crippen molar-refractivity contribution < 1.29 is 17.9 Å². The van der Waals surface area contributed by atoms with Crippen molar-refractivity contribution in [2.45, 2.75) is 43.3 Å². The number of halogens is 4. The van der Waals surface area contributed by atoms with Crippen LogP contribution in [0.5, 0.6) is 0 Å². The number of alkyl halides is 4. The summed E-state index contributed by atoms with van der Waals surface area (Å²) < 4.78 is 40.1. The van der Waals surface area contributed by atoms with E-state index in [0.717, 1.165) is 25.7 Å². The second-order valence-corrected chi connectivity index (χ2v) is 5.08. The highest BCUT2D eigenvalue weighted by Gasteiger charge is 2.28. The van der Waals surface area contributed by atoms with Gasteiger partial charge in [0, 0.05) is 18.0 Å². The topological polar surface area (TPSA) is 12.5 Å². The van der Waals surface area contributed by atoms with Crippen LogP contribution in [0.4, 0.5) is 13.2 Å². The molecule has 0 N–H and O–H groups in total. The molecule has 0 spiro atoms. The summed E-state index contributed by atoms with van der Waals surface area (Å²) in [6.07, 6.45) is 0.0487. The molecule has 0 aromatic rings. The molecule has 1 aliphatic rings. The van der Waals surface area contributed by atoms with Crippen molar-refractivity contribution in [2.75, 3.05) is 26.8 Å². The van der Waals surface area contributed by atoms with Crippen LogP contribution in [0.2, 0.25) is 0 Å². The number of nitrogens with zero attached hydrogens (tertiary/aromatic N) is 1. The minimum Gasteiger partial charge on any atom is -0.371 e. The lowest BCUT2D eigenvalue weighted by Crippen LogP contribution is -2.42. The van der Waals surface area contributed by atoms with E-state index >= 15 is 0 Å². The third kappa shape index (κ3) is 5.93. The minimum atomic E-state index is -4.24. The summed E-state index contributed by atoms with van der Waals surface area (Å²) in [6.45, 7) is -0.587. The van der Waals surface area contributed by atoms with E-state index in [4.69, 9.17) is 11.6 Å². The Kier molecular flexibility index (Phi) is 6.03. The highest BCUT2D eigenvalue weighted by atomic mass is 35.5. The summed E-state index contributed by atoms with van der Waals surface area (Å²) in [5, 5.41) is 0.108. The van der Waals surface area contributed by atoms with Crippen molar-refractivity contribution in [1.29, 1.82) is 0 Å². The lowest BCUT2D eigenvalue weighted by Gasteiger charge is -2.34. The van der Waals surface area contributed by atoms with Gasteiger partial charge in [-0.15, -0.1) is 11.6 Å². The number of ether oxygens (including phenoxy) is 1. The number of hydrogen-bond donors (Lipinski definition) is 0. The zero-order chi connectivity index (χ0) is 12.9. The van der Waals surface area contributed by atoms with Crippen LogP contribution in [-0.2, 0) is 4.74 Å². The largest absolute Gasteiger partial charge is 0.411 e. The van der Waals surface area contributed by atoms with E-state index in [2.05, 4.69) is 4.74 Å². The first-order valence-corrected chi connectivity index (χ1v) is 6.32. The van der Waals surface area contributed by atoms with Crippen molar-refractivity contribution >= 4 is 11.6 Å². The molecule has 0 saturated heterocycles. The Morgan fingerprint density at radius 2 is 1.94 bits per heavy atom. The summed E-state index contributed by atoms with van der Waals surface area (Å²) in [5.41, 5.74) is 0. The lowest BCUT2D eigenvalue weighted by molar-refractivity contribution is -0.174. The lowest BCUT2D eigenvalue weighted by atomic mass is 9.94. The van der Waals surface area contributed by atoms with Gasteiger partial charge in [0.25, 0.3) is 0 Å². The summed E-state index contributed by atoms with van der Waals surface area (Å²) in [5.74, 6) is 0. The molecular formula is C11H19ClF3NO. The van der Waals surface area contributed by atoms with Crippen molar-refractivity contribution in [3.8, 4) is 0 Å². The molecular weight excluding hydrogens is 255 g/mol. The van der Waals surface area contributed by atoms with Gasteiger partial charge >= 0.3 is 6.18 Å². The van der Waals surface area contributed by atoms with Crippen LogP contribution in [0.15, 0.2) is 0 Å². The molecule has 1 saturated carbocycles. The van der Waals surface area contributed by atoms with Crippen molar-refractivity contribution in [3.63, 3.8) is 0 Å². The molecule has 0 amide bonds. The summed E-state index contributed by atoms with van der Waals surface area (Å²) in [7, 11) is 1.89. The Labute approximate surface area is 105 Å². The fourth-order valence-corrected chi connectivity index (χ4v) is 2.60. The standard InChI is InChI=1S/C11H19ClF3NO/c1-16(6-7-17-8-11(13,14)15)10-5-3-2-4-9(10)12/h9-10H,2-8H2,1H3. The number of rotatable bonds is 5. The third-order valence-electron chi connectivity index (χ3n) is 3.07. The summed E-state index contributed by atoms with van der Waals surface area (Å²) in [4.78, 5) is 2.01. The van der Waals surface area contributed by atoms with Crippen LogP contribution in [-0.4, -0.2) is 49.3 Å². The van der Waals surface area contributed by atoms with Crippen molar-refractivity contribution in [1.82, 2.24) is 4.90 Å². The van der Waals surface area contributed by atoms with Gasteiger partial charge in [0.05, 0.1) is 6.61 Å². The van der Waals surface area contributed by atoms with E-state index in [1.54, 1.807) is 0 Å². The second-order valence-electron chi connectivity index (χ2n) is 4.52. The van der Waals surface area contributed by atoms with E-state index < -0.39 is 12.8 Å². The molecule has 0 aromatic carbocycles. The van der Waals surface area contributed by atoms with E-state index in [-0.39, 0.29) is 18.0 Å². The highest BCUT2D eigenvalue weighted by molar-refractivity contribution is 6.21. The first-order valence-electron chi connectivity index (χ1n) is 5.89. The molecule has 2 unspecified atom stereocenters. The van der Waals surface area contributed by atoms with Gasteiger partial charge in [-0.05, 0) is 19.9 Å². The molecule has 0 aromatic heterocycles. The van der Waals surface area contributed by atoms with E-state index in [9.17, 15) is 13.2 Å². The zero-order valence-corrected chi connectivity index (χ0v) is 10.7. The van der Waals surface area contributed by atoms with Gasteiger partial charge in [0.15, 0.2) is 0 Å². The van der Waals surface area contributed by atoms with Gasteiger partial charge in [-0.25, -0.2) is 0 Å². The number of hydrogen-bond acceptors (Lipinski definition) is 2. The monoisotopic (exact) mass is 273 g/mol. The first-order chi connectivity index (χ1) is 7.90. The zero-order valence-electron chi connectivity index (χ0n) is 9.97. The van der Waals surface area contributed by atoms with E-state index in [1.807, 2.05) is 11.9 Å². The maximum atomic E-state index is 11.8. The average molecular weight is 274 g/mol. The predicted octanol–water partition coefficient (Wildman–Crippen LogP) is 3.05. The fraction of sp³-hybridized carbons (Fsp3) is 1.00. The summed E-state index contributed by atoms with van der Waals surface area (Å²) >= 11 is 6.20. The molecule has 2 atom stereocenters. The second kappa shape index (κ2) is 6.81. The molecule has 17 heavy (non-hydrogen) atoms. The SMILES string of the molecule is CN(CCOCC(F)(F)F)C1CCCCC1Cl. The van der Waals surface area contributed by atoms with Crippen LogP contribution in [0.1, 0.15) is 25.7 Å². The van der Waals surface area contributed by atoms with Gasteiger partial charge in [-0.2, -0.15) is 13.2 Å². The molecule has 1 rings (SSSR count). The van der Waals surface area contributed by atoms with Gasteiger partial charge in [-0.3, -0.25) is 4.90 Å². The Morgan fingerprint density at radius 3 is 2.53 bits per heavy atom. The average Bonchev–Trinajstić information content (AvgIpc) is 2.23. The van der Waals surface area contributed by atoms with Crippen molar-refractivity contribution in [3.05, 3.63) is 0 Å². The first kappa shape index (κ1) is 15.1. The molecule has 1 fully saturated rings. The quantitative estimate of drug-likeness (QED) is 0.564. The normalized spacial score (nSPS) is 26.5.